The molecule has 1 unspecified atom stereocenters. The summed E-state index contributed by atoms with van der Waals surface area (Å²) in [6.07, 6.45) is 5.44. The third kappa shape index (κ3) is 2.56. The van der Waals surface area contributed by atoms with Crippen LogP contribution in [0.5, 0.6) is 5.88 Å². The summed E-state index contributed by atoms with van der Waals surface area (Å²) < 4.78 is 5.45. The van der Waals surface area contributed by atoms with Crippen molar-refractivity contribution in [3.63, 3.8) is 0 Å². The van der Waals surface area contributed by atoms with E-state index in [1.807, 2.05) is 0 Å². The highest BCUT2D eigenvalue weighted by atomic mass is 35.5. The molecule has 2 heterocycles. The minimum atomic E-state index is 0.363. The van der Waals surface area contributed by atoms with Crippen LogP contribution < -0.4 is 10.1 Å². The van der Waals surface area contributed by atoms with E-state index in [2.05, 4.69) is 15.3 Å². The zero-order valence-corrected chi connectivity index (χ0v) is 8.50. The predicted octanol–water partition coefficient (Wildman–Crippen LogP) is 1.26. The Balaban J connectivity index is 1.85. The van der Waals surface area contributed by atoms with Gasteiger partial charge in [0.05, 0.1) is 12.4 Å². The summed E-state index contributed by atoms with van der Waals surface area (Å²) in [5.74, 6) is 0.492. The first-order valence-corrected chi connectivity index (χ1v) is 5.06. The van der Waals surface area contributed by atoms with E-state index in [-0.39, 0.29) is 0 Å². The molecule has 0 bridgehead atoms. The molecule has 0 aliphatic carbocycles. The molecule has 76 valence electrons. The third-order valence-corrected chi connectivity index (χ3v) is 2.36. The van der Waals surface area contributed by atoms with E-state index in [0.29, 0.717) is 23.7 Å². The molecule has 0 spiro atoms. The summed E-state index contributed by atoms with van der Waals surface area (Å²) in [7, 11) is 0. The predicted molar refractivity (Wildman–Crippen MR) is 53.6 cm³/mol. The maximum Gasteiger partial charge on any atom is 0.233 e. The van der Waals surface area contributed by atoms with E-state index in [0.717, 1.165) is 13.0 Å². The largest absolute Gasteiger partial charge is 0.475 e. The van der Waals surface area contributed by atoms with Gasteiger partial charge in [-0.25, -0.2) is 0 Å². The fraction of sp³-hybridized carbons (Fsp3) is 0.556. The number of halogens is 1. The molecule has 0 radical (unpaired) electrons. The standard InChI is InChI=1S/C9H12ClN3O/c10-8-4-11-5-9(13-8)14-6-7-2-1-3-12-7/h4-5,7,12H,1-3,6H2. The van der Waals surface area contributed by atoms with Crippen LogP contribution in [0.4, 0.5) is 0 Å². The quantitative estimate of drug-likeness (QED) is 0.821. The molecular weight excluding hydrogens is 202 g/mol. The minimum Gasteiger partial charge on any atom is -0.475 e. The van der Waals surface area contributed by atoms with Gasteiger partial charge in [0.15, 0.2) is 5.15 Å². The smallest absolute Gasteiger partial charge is 0.233 e. The first kappa shape index (κ1) is 9.68. The van der Waals surface area contributed by atoms with Crippen molar-refractivity contribution in [3.05, 3.63) is 17.5 Å². The van der Waals surface area contributed by atoms with E-state index < -0.39 is 0 Å². The molecule has 2 rings (SSSR count). The zero-order valence-electron chi connectivity index (χ0n) is 7.74. The summed E-state index contributed by atoms with van der Waals surface area (Å²) in [4.78, 5) is 7.88. The second kappa shape index (κ2) is 4.57. The lowest BCUT2D eigenvalue weighted by molar-refractivity contribution is 0.266. The van der Waals surface area contributed by atoms with Gasteiger partial charge < -0.3 is 10.1 Å². The second-order valence-corrected chi connectivity index (χ2v) is 3.67. The molecule has 1 aliphatic rings. The Hall–Kier alpha value is -0.870. The molecule has 1 N–H and O–H groups in total. The van der Waals surface area contributed by atoms with Crippen LogP contribution in [0.1, 0.15) is 12.8 Å². The minimum absolute atomic E-state index is 0.363. The van der Waals surface area contributed by atoms with E-state index in [1.165, 1.54) is 12.6 Å². The van der Waals surface area contributed by atoms with Crippen LogP contribution in [0.25, 0.3) is 0 Å². The van der Waals surface area contributed by atoms with Gasteiger partial charge in [0, 0.05) is 6.04 Å². The highest BCUT2D eigenvalue weighted by Gasteiger charge is 2.14. The third-order valence-electron chi connectivity index (χ3n) is 2.18. The fourth-order valence-corrected chi connectivity index (χ4v) is 1.62. The van der Waals surface area contributed by atoms with Crippen molar-refractivity contribution in [2.24, 2.45) is 0 Å². The number of aromatic nitrogens is 2. The first-order valence-electron chi connectivity index (χ1n) is 4.68. The monoisotopic (exact) mass is 213 g/mol. The maximum atomic E-state index is 5.67. The van der Waals surface area contributed by atoms with Crippen LogP contribution in [0.3, 0.4) is 0 Å². The summed E-state index contributed by atoms with van der Waals surface area (Å²) in [6.45, 7) is 1.71. The van der Waals surface area contributed by atoms with Crippen molar-refractivity contribution in [3.8, 4) is 5.88 Å². The van der Waals surface area contributed by atoms with Crippen LogP contribution in [0, 0.1) is 0 Å². The van der Waals surface area contributed by atoms with Crippen LogP contribution in [-0.4, -0.2) is 29.2 Å². The average Bonchev–Trinajstić information content (AvgIpc) is 2.67. The number of nitrogens with one attached hydrogen (secondary N) is 1. The van der Waals surface area contributed by atoms with E-state index >= 15 is 0 Å². The zero-order chi connectivity index (χ0) is 9.80. The lowest BCUT2D eigenvalue weighted by Crippen LogP contribution is -2.28. The van der Waals surface area contributed by atoms with Crippen molar-refractivity contribution < 1.29 is 4.74 Å². The number of hydrogen-bond donors (Lipinski definition) is 1. The Morgan fingerprint density at radius 1 is 1.57 bits per heavy atom. The number of hydrogen-bond acceptors (Lipinski definition) is 4. The molecule has 0 amide bonds. The Labute approximate surface area is 87.7 Å². The van der Waals surface area contributed by atoms with E-state index in [9.17, 15) is 0 Å². The molecule has 0 aromatic carbocycles. The van der Waals surface area contributed by atoms with E-state index in [1.54, 1.807) is 6.20 Å². The fourth-order valence-electron chi connectivity index (χ4n) is 1.48. The Morgan fingerprint density at radius 3 is 3.21 bits per heavy atom. The van der Waals surface area contributed by atoms with Gasteiger partial charge in [0.2, 0.25) is 5.88 Å². The number of nitrogens with zero attached hydrogens (tertiary/aromatic N) is 2. The summed E-state index contributed by atoms with van der Waals surface area (Å²) in [5.41, 5.74) is 0. The topological polar surface area (TPSA) is 47.0 Å². The molecule has 1 aliphatic heterocycles. The molecule has 1 atom stereocenters. The van der Waals surface area contributed by atoms with Crippen LogP contribution in [0.2, 0.25) is 5.15 Å². The summed E-state index contributed by atoms with van der Waals surface area (Å²) in [6, 6.07) is 0.441. The van der Waals surface area contributed by atoms with Gasteiger partial charge in [-0.3, -0.25) is 4.98 Å². The Morgan fingerprint density at radius 2 is 2.50 bits per heavy atom. The molecule has 1 saturated heterocycles. The molecule has 1 fully saturated rings. The van der Waals surface area contributed by atoms with Gasteiger partial charge in [0.25, 0.3) is 0 Å². The van der Waals surface area contributed by atoms with Gasteiger partial charge in [-0.05, 0) is 19.4 Å². The highest BCUT2D eigenvalue weighted by molar-refractivity contribution is 6.29. The normalized spacial score (nSPS) is 21.1. The molecule has 4 nitrogen and oxygen atoms in total. The van der Waals surface area contributed by atoms with Gasteiger partial charge in [-0.15, -0.1) is 0 Å². The Kier molecular flexibility index (Phi) is 3.16. The van der Waals surface area contributed by atoms with E-state index in [4.69, 9.17) is 16.3 Å². The molecule has 14 heavy (non-hydrogen) atoms. The SMILES string of the molecule is Clc1cncc(OCC2CCCN2)n1. The maximum absolute atomic E-state index is 5.67. The van der Waals surface area contributed by atoms with Crippen LogP contribution >= 0.6 is 11.6 Å². The molecular formula is C9H12ClN3O. The summed E-state index contributed by atoms with van der Waals surface area (Å²) >= 11 is 5.67. The van der Waals surface area contributed by atoms with Gasteiger partial charge in [0.1, 0.15) is 6.61 Å². The number of rotatable bonds is 3. The highest BCUT2D eigenvalue weighted by Crippen LogP contribution is 2.11. The molecule has 1 aromatic rings. The van der Waals surface area contributed by atoms with Crippen molar-refractivity contribution in [2.75, 3.05) is 13.2 Å². The second-order valence-electron chi connectivity index (χ2n) is 3.28. The lowest BCUT2D eigenvalue weighted by atomic mass is 10.2. The van der Waals surface area contributed by atoms with Crippen molar-refractivity contribution in [1.82, 2.24) is 15.3 Å². The van der Waals surface area contributed by atoms with Crippen LogP contribution in [0.15, 0.2) is 12.4 Å². The van der Waals surface area contributed by atoms with Crippen molar-refractivity contribution >= 4 is 11.6 Å². The van der Waals surface area contributed by atoms with Crippen molar-refractivity contribution in [2.45, 2.75) is 18.9 Å². The Bertz CT molecular complexity index is 302. The molecule has 5 heteroatoms. The van der Waals surface area contributed by atoms with Crippen molar-refractivity contribution in [1.29, 1.82) is 0 Å². The van der Waals surface area contributed by atoms with Gasteiger partial charge in [-0.2, -0.15) is 4.98 Å². The summed E-state index contributed by atoms with van der Waals surface area (Å²) in [5, 5.41) is 3.70. The van der Waals surface area contributed by atoms with Gasteiger partial charge >= 0.3 is 0 Å². The lowest BCUT2D eigenvalue weighted by Gasteiger charge is -2.10. The van der Waals surface area contributed by atoms with Crippen LogP contribution in [-0.2, 0) is 0 Å². The average molecular weight is 214 g/mol. The molecule has 0 saturated carbocycles. The number of ether oxygens (including phenoxy) is 1. The first-order chi connectivity index (χ1) is 6.84. The van der Waals surface area contributed by atoms with Gasteiger partial charge in [-0.1, -0.05) is 11.6 Å². The molecule has 1 aromatic heterocycles.